The van der Waals surface area contributed by atoms with Crippen LogP contribution in [0.15, 0.2) is 57.4 Å². The number of halogens is 1. The summed E-state index contributed by atoms with van der Waals surface area (Å²) >= 11 is 3.39. The number of amides is 2. The van der Waals surface area contributed by atoms with E-state index in [2.05, 4.69) is 26.6 Å². The van der Waals surface area contributed by atoms with Gasteiger partial charge in [-0.05, 0) is 40.2 Å². The van der Waals surface area contributed by atoms with E-state index >= 15 is 0 Å². The van der Waals surface area contributed by atoms with Crippen LogP contribution >= 0.6 is 15.9 Å². The third kappa shape index (κ3) is 2.98. The molecule has 1 heterocycles. The fourth-order valence-electron chi connectivity index (χ4n) is 2.25. The lowest BCUT2D eigenvalue weighted by Crippen LogP contribution is -2.21. The Balaban J connectivity index is 1.92. The van der Waals surface area contributed by atoms with Crippen LogP contribution in [0, 0.1) is 0 Å². The number of nitrogens with one attached hydrogen (secondary N) is 2. The van der Waals surface area contributed by atoms with E-state index in [0.717, 1.165) is 9.86 Å². The number of anilines is 1. The van der Waals surface area contributed by atoms with Crippen molar-refractivity contribution in [1.29, 1.82) is 0 Å². The highest BCUT2D eigenvalue weighted by Crippen LogP contribution is 2.27. The molecular weight excluding hydrogens is 360 g/mol. The van der Waals surface area contributed by atoms with Crippen molar-refractivity contribution in [1.82, 2.24) is 5.32 Å². The molecule has 116 valence electrons. The maximum atomic E-state index is 12.4. The summed E-state index contributed by atoms with van der Waals surface area (Å²) in [7, 11) is 1.54. The lowest BCUT2D eigenvalue weighted by molar-refractivity contribution is 0.0964. The lowest BCUT2D eigenvalue weighted by Gasteiger charge is -2.08. The topological polar surface area (TPSA) is 71.3 Å². The van der Waals surface area contributed by atoms with Crippen LogP contribution in [0.5, 0.6) is 0 Å². The molecule has 0 aliphatic heterocycles. The van der Waals surface area contributed by atoms with Gasteiger partial charge in [-0.1, -0.05) is 24.3 Å². The molecule has 3 rings (SSSR count). The predicted molar refractivity (Wildman–Crippen MR) is 91.7 cm³/mol. The summed E-state index contributed by atoms with van der Waals surface area (Å²) in [5.74, 6) is -0.503. The number of fused-ring (bicyclic) bond motifs is 1. The van der Waals surface area contributed by atoms with Crippen molar-refractivity contribution in [2.75, 3.05) is 12.4 Å². The Kier molecular flexibility index (Phi) is 4.16. The van der Waals surface area contributed by atoms with E-state index in [1.807, 2.05) is 18.2 Å². The van der Waals surface area contributed by atoms with Crippen LogP contribution in [0.25, 0.3) is 11.0 Å². The monoisotopic (exact) mass is 372 g/mol. The number of rotatable bonds is 3. The van der Waals surface area contributed by atoms with Gasteiger partial charge in [-0.15, -0.1) is 0 Å². The molecule has 23 heavy (non-hydrogen) atoms. The molecule has 5 nitrogen and oxygen atoms in total. The summed E-state index contributed by atoms with van der Waals surface area (Å²) in [5, 5.41) is 6.08. The van der Waals surface area contributed by atoms with Crippen molar-refractivity contribution in [3.63, 3.8) is 0 Å². The van der Waals surface area contributed by atoms with Crippen LogP contribution in [-0.4, -0.2) is 18.9 Å². The highest BCUT2D eigenvalue weighted by Gasteiger charge is 2.17. The van der Waals surface area contributed by atoms with Gasteiger partial charge in [0.2, 0.25) is 0 Å². The molecule has 0 saturated heterocycles. The smallest absolute Gasteiger partial charge is 0.291 e. The lowest BCUT2D eigenvalue weighted by atomic mass is 10.1. The highest BCUT2D eigenvalue weighted by atomic mass is 79.9. The Morgan fingerprint density at radius 1 is 1.04 bits per heavy atom. The van der Waals surface area contributed by atoms with Gasteiger partial charge in [-0.2, -0.15) is 0 Å². The summed E-state index contributed by atoms with van der Waals surface area (Å²) in [5.41, 5.74) is 1.43. The average Bonchev–Trinajstić information content (AvgIpc) is 3.00. The van der Waals surface area contributed by atoms with E-state index in [1.165, 1.54) is 7.05 Å². The predicted octanol–water partition coefficient (Wildman–Crippen LogP) is 3.81. The summed E-state index contributed by atoms with van der Waals surface area (Å²) in [4.78, 5) is 24.3. The zero-order valence-corrected chi connectivity index (χ0v) is 13.8. The summed E-state index contributed by atoms with van der Waals surface area (Å²) < 4.78 is 6.38. The molecule has 0 aliphatic carbocycles. The number of para-hydroxylation sites is 2. The van der Waals surface area contributed by atoms with Crippen molar-refractivity contribution >= 4 is 44.4 Å². The van der Waals surface area contributed by atoms with Gasteiger partial charge in [0.05, 0.1) is 15.7 Å². The third-order valence-electron chi connectivity index (χ3n) is 3.37. The van der Waals surface area contributed by atoms with E-state index in [0.29, 0.717) is 16.8 Å². The molecule has 0 atom stereocenters. The molecule has 6 heteroatoms. The molecule has 2 aromatic carbocycles. The maximum absolute atomic E-state index is 12.4. The first-order valence-corrected chi connectivity index (χ1v) is 7.70. The van der Waals surface area contributed by atoms with Gasteiger partial charge in [-0.25, -0.2) is 0 Å². The average molecular weight is 373 g/mol. The van der Waals surface area contributed by atoms with Crippen LogP contribution in [0.3, 0.4) is 0 Å². The first kappa shape index (κ1) is 15.3. The minimum Gasteiger partial charge on any atom is -0.450 e. The van der Waals surface area contributed by atoms with Gasteiger partial charge in [0, 0.05) is 12.4 Å². The number of carbonyl (C=O) groups is 2. The van der Waals surface area contributed by atoms with Gasteiger partial charge < -0.3 is 15.1 Å². The van der Waals surface area contributed by atoms with Crippen LogP contribution in [0.2, 0.25) is 0 Å². The van der Waals surface area contributed by atoms with Gasteiger partial charge in [0.15, 0.2) is 5.76 Å². The minimum atomic E-state index is -0.413. The molecule has 2 N–H and O–H groups in total. The number of benzene rings is 2. The van der Waals surface area contributed by atoms with Crippen molar-refractivity contribution in [3.8, 4) is 0 Å². The number of furan rings is 1. The number of hydrogen-bond donors (Lipinski definition) is 2. The quantitative estimate of drug-likeness (QED) is 0.734. The Hall–Kier alpha value is -2.60. The van der Waals surface area contributed by atoms with Gasteiger partial charge >= 0.3 is 0 Å². The van der Waals surface area contributed by atoms with Crippen molar-refractivity contribution in [3.05, 3.63) is 64.3 Å². The summed E-state index contributed by atoms with van der Waals surface area (Å²) in [6.45, 7) is 0. The van der Waals surface area contributed by atoms with Crippen molar-refractivity contribution in [2.45, 2.75) is 0 Å². The van der Waals surface area contributed by atoms with E-state index in [-0.39, 0.29) is 11.7 Å². The number of carbonyl (C=O) groups excluding carboxylic acids is 2. The van der Waals surface area contributed by atoms with Crippen molar-refractivity contribution < 1.29 is 14.0 Å². The Morgan fingerprint density at radius 2 is 1.83 bits per heavy atom. The summed E-state index contributed by atoms with van der Waals surface area (Å²) in [6.07, 6.45) is 0. The Bertz CT molecular complexity index is 902. The third-order valence-corrected chi connectivity index (χ3v) is 3.99. The molecule has 2 amide bonds. The zero-order chi connectivity index (χ0) is 16.4. The second-order valence-corrected chi connectivity index (χ2v) is 5.70. The zero-order valence-electron chi connectivity index (χ0n) is 12.2. The SMILES string of the molecule is CNC(=O)c1ccccc1NC(=O)c1cc2cccc(Br)c2o1. The first-order valence-electron chi connectivity index (χ1n) is 6.90. The normalized spacial score (nSPS) is 10.5. The summed E-state index contributed by atoms with van der Waals surface area (Å²) in [6, 6.07) is 14.0. The van der Waals surface area contributed by atoms with E-state index < -0.39 is 5.91 Å². The Morgan fingerprint density at radius 3 is 2.57 bits per heavy atom. The molecule has 3 aromatic rings. The molecule has 0 unspecified atom stereocenters. The van der Waals surface area contributed by atoms with Gasteiger partial charge in [-0.3, -0.25) is 9.59 Å². The second-order valence-electron chi connectivity index (χ2n) is 4.85. The first-order chi connectivity index (χ1) is 11.1. The van der Waals surface area contributed by atoms with Crippen molar-refractivity contribution in [2.24, 2.45) is 0 Å². The van der Waals surface area contributed by atoms with Crippen LogP contribution in [0.4, 0.5) is 5.69 Å². The van der Waals surface area contributed by atoms with E-state index in [1.54, 1.807) is 30.3 Å². The van der Waals surface area contributed by atoms with Crippen LogP contribution < -0.4 is 10.6 Å². The van der Waals surface area contributed by atoms with Crippen LogP contribution in [0.1, 0.15) is 20.9 Å². The fraction of sp³-hybridized carbons (Fsp3) is 0.0588. The Labute approximate surface area is 140 Å². The number of hydrogen-bond acceptors (Lipinski definition) is 3. The maximum Gasteiger partial charge on any atom is 0.291 e. The molecule has 1 aromatic heterocycles. The molecule has 0 radical (unpaired) electrons. The van der Waals surface area contributed by atoms with E-state index in [9.17, 15) is 9.59 Å². The fourth-order valence-corrected chi connectivity index (χ4v) is 2.71. The van der Waals surface area contributed by atoms with Gasteiger partial charge in [0.25, 0.3) is 11.8 Å². The minimum absolute atomic E-state index is 0.179. The molecule has 0 fully saturated rings. The highest BCUT2D eigenvalue weighted by molar-refractivity contribution is 9.10. The molecule has 0 saturated carbocycles. The molecule has 0 spiro atoms. The standard InChI is InChI=1S/C17H13BrN2O3/c1-19-16(21)11-6-2-3-8-13(11)20-17(22)14-9-10-5-4-7-12(18)15(10)23-14/h2-9H,1H3,(H,19,21)(H,20,22). The molecule has 0 aliphatic rings. The molecule has 0 bridgehead atoms. The second kappa shape index (κ2) is 6.26. The van der Waals surface area contributed by atoms with Crippen LogP contribution in [-0.2, 0) is 0 Å². The van der Waals surface area contributed by atoms with Gasteiger partial charge in [0.1, 0.15) is 5.58 Å². The van der Waals surface area contributed by atoms with E-state index in [4.69, 9.17) is 4.42 Å². The molecular formula is C17H13BrN2O3. The largest absolute Gasteiger partial charge is 0.450 e.